The fourth-order valence-corrected chi connectivity index (χ4v) is 4.45. The van der Waals surface area contributed by atoms with Gasteiger partial charge in [0.1, 0.15) is 0 Å². The van der Waals surface area contributed by atoms with Gasteiger partial charge in [-0.05, 0) is 61.2 Å². The molecule has 0 spiro atoms. The molecule has 39 heavy (non-hydrogen) atoms. The van der Waals surface area contributed by atoms with Gasteiger partial charge in [0.05, 0.1) is 0 Å². The lowest BCUT2D eigenvalue weighted by Gasteiger charge is -2.11. The molecule has 190 valence electrons. The molecule has 0 unspecified atom stereocenters. The third-order valence-corrected chi connectivity index (χ3v) is 6.20. The van der Waals surface area contributed by atoms with Gasteiger partial charge in [0.25, 0.3) is 0 Å². The Hall–Kier alpha value is -4.89. The molecule has 0 atom stereocenters. The SMILES string of the molecule is C=C(C)/C=C(\C=C(C)C)c1nc(-c2cccc(-c3ccccc3)c2)nc(-c2cccc(-c3ccccc3)c2)n1. The van der Waals surface area contributed by atoms with Gasteiger partial charge >= 0.3 is 0 Å². The van der Waals surface area contributed by atoms with Crippen molar-refractivity contribution in [1.82, 2.24) is 15.0 Å². The second-order valence-corrected chi connectivity index (χ2v) is 9.87. The second-order valence-electron chi connectivity index (χ2n) is 9.87. The van der Waals surface area contributed by atoms with E-state index in [1.807, 2.05) is 25.1 Å². The van der Waals surface area contributed by atoms with Crippen LogP contribution in [0.4, 0.5) is 0 Å². The van der Waals surface area contributed by atoms with Crippen molar-refractivity contribution in [2.45, 2.75) is 20.8 Å². The van der Waals surface area contributed by atoms with E-state index < -0.39 is 0 Å². The lowest BCUT2D eigenvalue weighted by molar-refractivity contribution is 1.04. The van der Waals surface area contributed by atoms with E-state index in [4.69, 9.17) is 15.0 Å². The third kappa shape index (κ3) is 6.34. The Morgan fingerprint density at radius 2 is 0.949 bits per heavy atom. The largest absolute Gasteiger partial charge is 0.208 e. The Morgan fingerprint density at radius 3 is 1.38 bits per heavy atom. The molecule has 0 N–H and O–H groups in total. The summed E-state index contributed by atoms with van der Waals surface area (Å²) in [7, 11) is 0. The van der Waals surface area contributed by atoms with Gasteiger partial charge in [0.2, 0.25) is 0 Å². The van der Waals surface area contributed by atoms with Crippen LogP contribution in [0.2, 0.25) is 0 Å². The summed E-state index contributed by atoms with van der Waals surface area (Å²) in [5.41, 5.74) is 9.40. The monoisotopic (exact) mass is 505 g/mol. The van der Waals surface area contributed by atoms with Crippen LogP contribution in [0.25, 0.3) is 50.6 Å². The summed E-state index contributed by atoms with van der Waals surface area (Å²) in [5, 5.41) is 0. The predicted molar refractivity (Wildman–Crippen MR) is 164 cm³/mol. The van der Waals surface area contributed by atoms with Gasteiger partial charge in [-0.3, -0.25) is 0 Å². The number of rotatable bonds is 7. The summed E-state index contributed by atoms with van der Waals surface area (Å²) >= 11 is 0. The summed E-state index contributed by atoms with van der Waals surface area (Å²) in [6.07, 6.45) is 4.12. The molecule has 0 saturated heterocycles. The predicted octanol–water partition coefficient (Wildman–Crippen LogP) is 9.47. The molecule has 5 aromatic rings. The number of hydrogen-bond acceptors (Lipinski definition) is 3. The average Bonchev–Trinajstić information content (AvgIpc) is 2.97. The van der Waals surface area contributed by atoms with E-state index in [9.17, 15) is 0 Å². The Morgan fingerprint density at radius 1 is 0.513 bits per heavy atom. The third-order valence-electron chi connectivity index (χ3n) is 6.20. The molecular formula is C36H31N3. The highest BCUT2D eigenvalue weighted by molar-refractivity contribution is 5.77. The highest BCUT2D eigenvalue weighted by Gasteiger charge is 2.14. The summed E-state index contributed by atoms with van der Waals surface area (Å²) in [6, 6.07) is 37.4. The van der Waals surface area contributed by atoms with Gasteiger partial charge in [0.15, 0.2) is 17.5 Å². The van der Waals surface area contributed by atoms with Crippen LogP contribution in [0.5, 0.6) is 0 Å². The molecule has 0 saturated carbocycles. The van der Waals surface area contributed by atoms with Crippen LogP contribution in [-0.2, 0) is 0 Å². The van der Waals surface area contributed by atoms with Crippen LogP contribution in [0, 0.1) is 0 Å². The topological polar surface area (TPSA) is 38.7 Å². The number of aromatic nitrogens is 3. The summed E-state index contributed by atoms with van der Waals surface area (Å²) < 4.78 is 0. The number of nitrogens with zero attached hydrogens (tertiary/aromatic N) is 3. The summed E-state index contributed by atoms with van der Waals surface area (Å²) in [4.78, 5) is 14.9. The van der Waals surface area contributed by atoms with Gasteiger partial charge in [-0.25, -0.2) is 15.0 Å². The van der Waals surface area contributed by atoms with Crippen LogP contribution in [0.1, 0.15) is 26.6 Å². The van der Waals surface area contributed by atoms with Gasteiger partial charge in [-0.1, -0.05) is 121 Å². The first kappa shape index (κ1) is 25.7. The number of hydrogen-bond donors (Lipinski definition) is 0. The first-order valence-electron chi connectivity index (χ1n) is 13.1. The van der Waals surface area contributed by atoms with E-state index in [2.05, 4.69) is 124 Å². The van der Waals surface area contributed by atoms with Crippen LogP contribution in [0.3, 0.4) is 0 Å². The lowest BCUT2D eigenvalue weighted by atomic mass is 10.0. The fraction of sp³-hybridized carbons (Fsp3) is 0.0833. The highest BCUT2D eigenvalue weighted by Crippen LogP contribution is 2.29. The summed E-state index contributed by atoms with van der Waals surface area (Å²) in [6.45, 7) is 10.2. The standard InChI is InChI=1S/C36H31N3/c1-25(2)21-33(22-26(3)4)36-38-34(31-19-11-17-29(23-31)27-13-7-5-8-14-27)37-35(39-36)32-20-12-18-30(24-32)28-15-9-6-10-16-28/h5-24H,1H2,2-4H3/b33-21+. The van der Waals surface area contributed by atoms with Crippen molar-refractivity contribution in [3.63, 3.8) is 0 Å². The Balaban J connectivity index is 1.69. The Kier molecular flexibility index (Phi) is 7.70. The molecule has 1 heterocycles. The zero-order chi connectivity index (χ0) is 27.2. The van der Waals surface area contributed by atoms with Crippen molar-refractivity contribution in [3.05, 3.63) is 145 Å². The molecule has 4 aromatic carbocycles. The van der Waals surface area contributed by atoms with E-state index in [-0.39, 0.29) is 0 Å². The first-order valence-corrected chi connectivity index (χ1v) is 13.1. The number of allylic oxidation sites excluding steroid dienone is 5. The fourth-order valence-electron chi connectivity index (χ4n) is 4.45. The van der Waals surface area contributed by atoms with Crippen LogP contribution < -0.4 is 0 Å². The quantitative estimate of drug-likeness (QED) is 0.207. The maximum Gasteiger partial charge on any atom is 0.164 e. The van der Waals surface area contributed by atoms with Crippen molar-refractivity contribution in [1.29, 1.82) is 0 Å². The van der Waals surface area contributed by atoms with E-state index in [0.29, 0.717) is 17.5 Å². The minimum Gasteiger partial charge on any atom is -0.208 e. The molecule has 3 heteroatoms. The maximum absolute atomic E-state index is 4.99. The molecule has 0 fully saturated rings. The van der Waals surface area contributed by atoms with E-state index in [1.165, 1.54) is 0 Å². The summed E-state index contributed by atoms with van der Waals surface area (Å²) in [5.74, 6) is 1.88. The molecule has 5 rings (SSSR count). The van der Waals surface area contributed by atoms with Crippen molar-refractivity contribution in [2.24, 2.45) is 0 Å². The van der Waals surface area contributed by atoms with Crippen molar-refractivity contribution >= 4 is 5.57 Å². The molecular weight excluding hydrogens is 474 g/mol. The molecule has 0 aliphatic heterocycles. The Bertz CT molecular complexity index is 1570. The molecule has 3 nitrogen and oxygen atoms in total. The van der Waals surface area contributed by atoms with Crippen molar-refractivity contribution in [2.75, 3.05) is 0 Å². The van der Waals surface area contributed by atoms with E-state index in [0.717, 1.165) is 50.1 Å². The van der Waals surface area contributed by atoms with E-state index >= 15 is 0 Å². The zero-order valence-corrected chi connectivity index (χ0v) is 22.6. The van der Waals surface area contributed by atoms with Crippen molar-refractivity contribution < 1.29 is 0 Å². The molecule has 0 aliphatic rings. The molecule has 0 amide bonds. The second kappa shape index (κ2) is 11.7. The maximum atomic E-state index is 4.99. The number of benzene rings is 4. The Labute approximate surface area is 231 Å². The van der Waals surface area contributed by atoms with E-state index in [1.54, 1.807) is 0 Å². The highest BCUT2D eigenvalue weighted by atomic mass is 15.0. The van der Waals surface area contributed by atoms with Crippen molar-refractivity contribution in [3.8, 4) is 45.0 Å². The normalized spacial score (nSPS) is 11.2. The van der Waals surface area contributed by atoms with Crippen LogP contribution in [0.15, 0.2) is 139 Å². The van der Waals surface area contributed by atoms with Crippen LogP contribution in [-0.4, -0.2) is 15.0 Å². The molecule has 0 aliphatic carbocycles. The first-order chi connectivity index (χ1) is 19.0. The molecule has 1 aromatic heterocycles. The smallest absolute Gasteiger partial charge is 0.164 e. The van der Waals surface area contributed by atoms with Crippen LogP contribution >= 0.6 is 0 Å². The van der Waals surface area contributed by atoms with Gasteiger partial charge in [0, 0.05) is 16.7 Å². The molecule has 0 radical (unpaired) electrons. The van der Waals surface area contributed by atoms with Gasteiger partial charge in [-0.2, -0.15) is 0 Å². The lowest BCUT2D eigenvalue weighted by Crippen LogP contribution is -2.03. The van der Waals surface area contributed by atoms with Gasteiger partial charge in [-0.15, -0.1) is 0 Å². The zero-order valence-electron chi connectivity index (χ0n) is 22.6. The molecule has 0 bridgehead atoms. The average molecular weight is 506 g/mol. The minimum atomic E-state index is 0.620. The van der Waals surface area contributed by atoms with Gasteiger partial charge < -0.3 is 0 Å². The minimum absolute atomic E-state index is 0.620.